The summed E-state index contributed by atoms with van der Waals surface area (Å²) in [5.41, 5.74) is 6.25. The van der Waals surface area contributed by atoms with E-state index in [9.17, 15) is 4.79 Å². The number of carbonyl (C=O) groups excluding carboxylic acids is 1. The van der Waals surface area contributed by atoms with Gasteiger partial charge in [-0.2, -0.15) is 0 Å². The number of nitrogens with one attached hydrogen (secondary N) is 1. The Kier molecular flexibility index (Phi) is 8.37. The molecule has 1 N–H and O–H groups in total. The molecule has 0 saturated carbocycles. The van der Waals surface area contributed by atoms with Crippen molar-refractivity contribution < 1.29 is 4.79 Å². The molecule has 0 atom stereocenters. The number of halogens is 1. The maximum atomic E-state index is 13.0. The third-order valence-electron chi connectivity index (χ3n) is 6.37. The number of aryl methyl sites for hydroxylation is 1. The van der Waals surface area contributed by atoms with Gasteiger partial charge in [0.05, 0.1) is 6.20 Å². The third kappa shape index (κ3) is 6.80. The summed E-state index contributed by atoms with van der Waals surface area (Å²) in [6.07, 6.45) is 3.93. The average molecular weight is 492 g/mol. The lowest BCUT2D eigenvalue weighted by molar-refractivity contribution is 0.0947. The molecule has 184 valence electrons. The molecular weight excluding hydrogens is 458 g/mol. The number of anilines is 1. The number of likely N-dealkylation sites (tertiary alicyclic amines) is 1. The van der Waals surface area contributed by atoms with E-state index in [2.05, 4.69) is 64.5 Å². The van der Waals surface area contributed by atoms with Gasteiger partial charge in [-0.05, 0) is 68.0 Å². The van der Waals surface area contributed by atoms with Crippen molar-refractivity contribution in [3.05, 3.63) is 88.3 Å². The summed E-state index contributed by atoms with van der Waals surface area (Å²) in [5, 5.41) is 2.12. The molecule has 6 nitrogen and oxygen atoms in total. The molecule has 2 heterocycles. The minimum Gasteiger partial charge on any atom is -0.299 e. The van der Waals surface area contributed by atoms with Gasteiger partial charge in [-0.15, -0.1) is 0 Å². The molecule has 0 aliphatic carbocycles. The summed E-state index contributed by atoms with van der Waals surface area (Å²) >= 11 is 6.34. The van der Waals surface area contributed by atoms with Crippen LogP contribution in [0.3, 0.4) is 0 Å². The van der Waals surface area contributed by atoms with Crippen molar-refractivity contribution in [3.63, 3.8) is 0 Å². The molecule has 0 unspecified atom stereocenters. The van der Waals surface area contributed by atoms with E-state index in [1.807, 2.05) is 24.3 Å². The predicted octanol–water partition coefficient (Wildman–Crippen LogP) is 5.63. The minimum atomic E-state index is -0.187. The average Bonchev–Trinajstić information content (AvgIpc) is 2.86. The summed E-state index contributed by atoms with van der Waals surface area (Å²) < 4.78 is 0. The van der Waals surface area contributed by atoms with Crippen molar-refractivity contribution in [2.75, 3.05) is 24.6 Å². The smallest absolute Gasteiger partial charge is 0.269 e. The van der Waals surface area contributed by atoms with E-state index in [4.69, 9.17) is 11.6 Å². The lowest BCUT2D eigenvalue weighted by Crippen LogP contribution is -2.45. The van der Waals surface area contributed by atoms with Crippen LogP contribution < -0.4 is 10.4 Å². The highest BCUT2D eigenvalue weighted by Crippen LogP contribution is 2.28. The zero-order valence-corrected chi connectivity index (χ0v) is 21.5. The minimum absolute atomic E-state index is 0.187. The van der Waals surface area contributed by atoms with Gasteiger partial charge in [-0.3, -0.25) is 20.1 Å². The Balaban J connectivity index is 1.35. The highest BCUT2D eigenvalue weighted by molar-refractivity contribution is 6.32. The number of carbonyl (C=O) groups is 1. The quantitative estimate of drug-likeness (QED) is 0.414. The summed E-state index contributed by atoms with van der Waals surface area (Å²) in [5.74, 6) is 1.88. The van der Waals surface area contributed by atoms with Gasteiger partial charge < -0.3 is 0 Å². The molecule has 35 heavy (non-hydrogen) atoms. The number of aromatic nitrogens is 2. The molecular formula is C28H34ClN5O. The maximum absolute atomic E-state index is 13.0. The Morgan fingerprint density at radius 3 is 2.46 bits per heavy atom. The largest absolute Gasteiger partial charge is 0.299 e. The van der Waals surface area contributed by atoms with Crippen LogP contribution in [0.25, 0.3) is 0 Å². The van der Waals surface area contributed by atoms with Crippen LogP contribution in [0, 0.1) is 12.8 Å². The number of nitrogens with zero attached hydrogens (tertiary/aromatic N) is 4. The number of benzene rings is 2. The summed E-state index contributed by atoms with van der Waals surface area (Å²) in [6.45, 7) is 9.63. The van der Waals surface area contributed by atoms with Crippen LogP contribution in [0.1, 0.15) is 59.9 Å². The van der Waals surface area contributed by atoms with Crippen LogP contribution in [0.5, 0.6) is 0 Å². The number of amides is 1. The first-order chi connectivity index (χ1) is 16.9. The van der Waals surface area contributed by atoms with Gasteiger partial charge in [0.1, 0.15) is 10.8 Å². The molecule has 7 heteroatoms. The molecule has 1 amide bonds. The summed E-state index contributed by atoms with van der Waals surface area (Å²) in [6, 6.07) is 18.7. The zero-order chi connectivity index (χ0) is 24.8. The molecule has 0 radical (unpaired) electrons. The second kappa shape index (κ2) is 11.6. The van der Waals surface area contributed by atoms with Crippen molar-refractivity contribution in [2.45, 2.75) is 46.1 Å². The van der Waals surface area contributed by atoms with Gasteiger partial charge in [0.2, 0.25) is 0 Å². The molecule has 1 aliphatic heterocycles. The van der Waals surface area contributed by atoms with E-state index in [1.165, 1.54) is 24.0 Å². The molecule has 4 rings (SSSR count). The zero-order valence-electron chi connectivity index (χ0n) is 20.7. The number of rotatable bonds is 8. The van der Waals surface area contributed by atoms with Crippen LogP contribution in [0.2, 0.25) is 5.02 Å². The normalized spacial score (nSPS) is 14.8. The highest BCUT2D eigenvalue weighted by Gasteiger charge is 2.21. The van der Waals surface area contributed by atoms with Gasteiger partial charge in [-0.25, -0.2) is 9.97 Å². The Bertz CT molecular complexity index is 1110. The summed E-state index contributed by atoms with van der Waals surface area (Å²) in [7, 11) is 0. The lowest BCUT2D eigenvalue weighted by Gasteiger charge is -2.32. The third-order valence-corrected chi connectivity index (χ3v) is 6.63. The van der Waals surface area contributed by atoms with E-state index in [1.54, 1.807) is 18.1 Å². The molecule has 2 aromatic carbocycles. The van der Waals surface area contributed by atoms with E-state index >= 15 is 0 Å². The molecule has 3 aromatic rings. The first-order valence-corrected chi connectivity index (χ1v) is 12.7. The number of hydrogen-bond donors (Lipinski definition) is 1. The van der Waals surface area contributed by atoms with Crippen molar-refractivity contribution in [3.8, 4) is 0 Å². The number of piperidine rings is 1. The fourth-order valence-corrected chi connectivity index (χ4v) is 4.73. The Morgan fingerprint density at radius 2 is 1.80 bits per heavy atom. The maximum Gasteiger partial charge on any atom is 0.269 e. The summed E-state index contributed by atoms with van der Waals surface area (Å²) in [4.78, 5) is 24.1. The molecule has 0 bridgehead atoms. The van der Waals surface area contributed by atoms with Crippen molar-refractivity contribution >= 4 is 23.3 Å². The fraction of sp³-hybridized carbons (Fsp3) is 0.393. The van der Waals surface area contributed by atoms with Crippen LogP contribution in [0.15, 0.2) is 60.8 Å². The number of hydrazine groups is 1. The van der Waals surface area contributed by atoms with E-state index in [0.717, 1.165) is 19.6 Å². The van der Waals surface area contributed by atoms with Crippen LogP contribution in [-0.4, -0.2) is 40.4 Å². The van der Waals surface area contributed by atoms with Gasteiger partial charge in [0.15, 0.2) is 5.82 Å². The second-order valence-corrected chi connectivity index (χ2v) is 10.1. The predicted molar refractivity (Wildman–Crippen MR) is 142 cm³/mol. The van der Waals surface area contributed by atoms with Gasteiger partial charge in [0, 0.05) is 18.7 Å². The molecule has 0 spiro atoms. The van der Waals surface area contributed by atoms with E-state index in [0.29, 0.717) is 40.6 Å². The lowest BCUT2D eigenvalue weighted by atomic mass is 9.89. The standard InChI is InChI=1S/C28H34ClN5O/c1-20(2)18-34(27-26(29)17-30-21(3)31-27)32-28(35)25-11-9-22(10-12-25)19-33-15-13-24(14-16-33)23-7-5-4-6-8-23/h4-12,17,20,24H,13-16,18-19H2,1-3H3,(H,32,35). The molecule has 1 fully saturated rings. The van der Waals surface area contributed by atoms with Crippen molar-refractivity contribution in [2.24, 2.45) is 5.92 Å². The van der Waals surface area contributed by atoms with Gasteiger partial charge >= 0.3 is 0 Å². The van der Waals surface area contributed by atoms with Gasteiger partial charge in [0.25, 0.3) is 5.91 Å². The van der Waals surface area contributed by atoms with E-state index in [-0.39, 0.29) is 5.91 Å². The Labute approximate surface area is 213 Å². The topological polar surface area (TPSA) is 61.4 Å². The van der Waals surface area contributed by atoms with Crippen LogP contribution >= 0.6 is 11.6 Å². The molecule has 1 aromatic heterocycles. The molecule has 1 aliphatic rings. The molecule has 1 saturated heterocycles. The van der Waals surface area contributed by atoms with Crippen LogP contribution in [0.4, 0.5) is 5.82 Å². The Hall–Kier alpha value is -2.96. The van der Waals surface area contributed by atoms with Crippen molar-refractivity contribution in [1.82, 2.24) is 20.3 Å². The van der Waals surface area contributed by atoms with Gasteiger partial charge in [-0.1, -0.05) is 67.9 Å². The highest BCUT2D eigenvalue weighted by atomic mass is 35.5. The van der Waals surface area contributed by atoms with E-state index < -0.39 is 0 Å². The number of hydrogen-bond acceptors (Lipinski definition) is 5. The first-order valence-electron chi connectivity index (χ1n) is 12.3. The van der Waals surface area contributed by atoms with Crippen molar-refractivity contribution in [1.29, 1.82) is 0 Å². The SMILES string of the molecule is Cc1ncc(Cl)c(N(CC(C)C)NC(=O)c2ccc(CN3CCC(c4ccccc4)CC3)cc2)n1. The Morgan fingerprint density at radius 1 is 1.11 bits per heavy atom. The monoisotopic (exact) mass is 491 g/mol. The first kappa shape index (κ1) is 25.1. The fourth-order valence-electron chi connectivity index (χ4n) is 4.54. The van der Waals surface area contributed by atoms with Crippen LogP contribution in [-0.2, 0) is 6.54 Å². The second-order valence-electron chi connectivity index (χ2n) is 9.69.